The molecule has 0 unspecified atom stereocenters. The Morgan fingerprint density at radius 1 is 1.26 bits per heavy atom. The molecule has 0 radical (unpaired) electrons. The number of hydrogen-bond donors (Lipinski definition) is 1. The van der Waals surface area contributed by atoms with Gasteiger partial charge in [0.15, 0.2) is 5.78 Å². The lowest BCUT2D eigenvalue weighted by molar-refractivity contribution is -0.147. The van der Waals surface area contributed by atoms with Crippen LogP contribution < -0.4 is 0 Å². The zero-order chi connectivity index (χ0) is 13.7. The van der Waals surface area contributed by atoms with Crippen molar-refractivity contribution in [3.8, 4) is 0 Å². The molecule has 2 rings (SSSR count). The topological polar surface area (TPSA) is 59.2 Å². The summed E-state index contributed by atoms with van der Waals surface area (Å²) in [5.41, 5.74) is 2.31. The van der Waals surface area contributed by atoms with Crippen LogP contribution in [0.15, 0.2) is 30.5 Å². The lowest BCUT2D eigenvalue weighted by atomic mass is 10.1. The molecule has 100 valence electrons. The second kappa shape index (κ2) is 6.18. The predicted octanol–water partition coefficient (Wildman–Crippen LogP) is 2.62. The number of benzene rings is 1. The van der Waals surface area contributed by atoms with Crippen molar-refractivity contribution in [1.82, 2.24) is 4.98 Å². The van der Waals surface area contributed by atoms with E-state index >= 15 is 0 Å². The molecule has 2 aromatic rings. The van der Waals surface area contributed by atoms with Crippen molar-refractivity contribution < 1.29 is 14.3 Å². The van der Waals surface area contributed by atoms with Crippen molar-refractivity contribution in [2.75, 3.05) is 6.61 Å². The maximum absolute atomic E-state index is 11.4. The Kier molecular flexibility index (Phi) is 4.34. The van der Waals surface area contributed by atoms with Gasteiger partial charge in [0.1, 0.15) is 6.61 Å². The predicted molar refractivity (Wildman–Crippen MR) is 72.9 cm³/mol. The van der Waals surface area contributed by atoms with Gasteiger partial charge in [0.2, 0.25) is 0 Å². The van der Waals surface area contributed by atoms with Crippen LogP contribution in [0, 0.1) is 0 Å². The molecule has 0 saturated heterocycles. The van der Waals surface area contributed by atoms with Crippen molar-refractivity contribution >= 4 is 22.7 Å². The molecule has 19 heavy (non-hydrogen) atoms. The average Bonchev–Trinajstić information content (AvgIpc) is 2.80. The van der Waals surface area contributed by atoms with E-state index in [-0.39, 0.29) is 18.4 Å². The fraction of sp³-hybridized carbons (Fsp3) is 0.333. The number of hydrogen-bond acceptors (Lipinski definition) is 3. The summed E-state index contributed by atoms with van der Waals surface area (Å²) < 4.78 is 4.81. The number of carbonyl (C=O) groups excluding carboxylic acids is 2. The number of Topliss-reactive ketones (excluding diaryl/α,β-unsaturated/α-hetero) is 1. The largest absolute Gasteiger partial charge is 0.458 e. The van der Waals surface area contributed by atoms with Crippen LogP contribution in [0.25, 0.3) is 10.9 Å². The molecule has 1 aromatic heterocycles. The van der Waals surface area contributed by atoms with Crippen LogP contribution >= 0.6 is 0 Å². The summed E-state index contributed by atoms with van der Waals surface area (Å²) in [7, 11) is 0. The van der Waals surface area contributed by atoms with E-state index in [4.69, 9.17) is 4.74 Å². The molecule has 4 nitrogen and oxygen atoms in total. The molecule has 1 N–H and O–H groups in total. The number of ether oxygens (including phenoxy) is 1. The van der Waals surface area contributed by atoms with Crippen LogP contribution in [0.2, 0.25) is 0 Å². The van der Waals surface area contributed by atoms with Crippen LogP contribution in [0.3, 0.4) is 0 Å². The summed E-state index contributed by atoms with van der Waals surface area (Å²) in [5, 5.41) is 1.19. The Hall–Kier alpha value is -2.10. The van der Waals surface area contributed by atoms with Crippen LogP contribution in [-0.2, 0) is 20.7 Å². The first-order valence-electron chi connectivity index (χ1n) is 6.37. The second-order valence-electron chi connectivity index (χ2n) is 4.58. The molecule has 0 aliphatic heterocycles. The number of para-hydroxylation sites is 1. The zero-order valence-electron chi connectivity index (χ0n) is 10.9. The molecule has 4 heteroatoms. The van der Waals surface area contributed by atoms with Gasteiger partial charge >= 0.3 is 5.97 Å². The molecule has 0 atom stereocenters. The molecule has 0 bridgehead atoms. The molecule has 0 saturated carbocycles. The number of rotatable bonds is 6. The first-order valence-corrected chi connectivity index (χ1v) is 6.37. The number of aromatic amines is 1. The van der Waals surface area contributed by atoms with Crippen LogP contribution in [-0.4, -0.2) is 23.3 Å². The van der Waals surface area contributed by atoms with Gasteiger partial charge in [0.05, 0.1) is 0 Å². The van der Waals surface area contributed by atoms with Gasteiger partial charge in [-0.05, 0) is 31.4 Å². The van der Waals surface area contributed by atoms with Gasteiger partial charge in [-0.1, -0.05) is 18.2 Å². The van der Waals surface area contributed by atoms with Crippen molar-refractivity contribution in [2.45, 2.75) is 26.2 Å². The third-order valence-corrected chi connectivity index (χ3v) is 2.94. The molecule has 0 fully saturated rings. The van der Waals surface area contributed by atoms with E-state index in [1.54, 1.807) is 0 Å². The normalized spacial score (nSPS) is 10.6. The van der Waals surface area contributed by atoms with Gasteiger partial charge < -0.3 is 9.72 Å². The fourth-order valence-electron chi connectivity index (χ4n) is 2.02. The van der Waals surface area contributed by atoms with Crippen LogP contribution in [0.5, 0.6) is 0 Å². The Morgan fingerprint density at radius 3 is 2.84 bits per heavy atom. The van der Waals surface area contributed by atoms with E-state index < -0.39 is 0 Å². The first-order chi connectivity index (χ1) is 9.16. The number of ketones is 1. The quantitative estimate of drug-likeness (QED) is 0.811. The van der Waals surface area contributed by atoms with Gasteiger partial charge in [-0.25, -0.2) is 0 Å². The van der Waals surface area contributed by atoms with Gasteiger partial charge in [0, 0.05) is 23.5 Å². The van der Waals surface area contributed by atoms with Gasteiger partial charge in [-0.2, -0.15) is 0 Å². The number of carbonyl (C=O) groups is 2. The lowest BCUT2D eigenvalue weighted by Gasteiger charge is -2.02. The molecular formula is C15H17NO3. The number of H-pyrrole nitrogens is 1. The minimum atomic E-state index is -0.310. The summed E-state index contributed by atoms with van der Waals surface area (Å²) in [4.78, 5) is 25.2. The van der Waals surface area contributed by atoms with E-state index in [1.165, 1.54) is 17.9 Å². The Morgan fingerprint density at radius 2 is 2.05 bits per heavy atom. The fourth-order valence-corrected chi connectivity index (χ4v) is 2.02. The van der Waals surface area contributed by atoms with Gasteiger partial charge in [-0.15, -0.1) is 0 Å². The molecule has 0 aliphatic rings. The minimum absolute atomic E-state index is 0.119. The Balaban J connectivity index is 1.83. The highest BCUT2D eigenvalue weighted by Gasteiger charge is 2.07. The van der Waals surface area contributed by atoms with E-state index in [0.29, 0.717) is 6.42 Å². The lowest BCUT2D eigenvalue weighted by Crippen LogP contribution is -2.11. The van der Waals surface area contributed by atoms with Crippen LogP contribution in [0.1, 0.15) is 25.3 Å². The summed E-state index contributed by atoms with van der Waals surface area (Å²) >= 11 is 0. The number of fused-ring (bicyclic) bond motifs is 1. The third kappa shape index (κ3) is 3.68. The van der Waals surface area contributed by atoms with Crippen molar-refractivity contribution in [2.24, 2.45) is 0 Å². The second-order valence-corrected chi connectivity index (χ2v) is 4.58. The van der Waals surface area contributed by atoms with Crippen LogP contribution in [0.4, 0.5) is 0 Å². The molecule has 0 spiro atoms. The molecule has 1 heterocycles. The highest BCUT2D eigenvalue weighted by molar-refractivity contribution is 5.83. The number of aryl methyl sites for hydroxylation is 1. The van der Waals surface area contributed by atoms with E-state index in [9.17, 15) is 9.59 Å². The summed E-state index contributed by atoms with van der Waals surface area (Å²) in [6.07, 6.45) is 3.86. The maximum atomic E-state index is 11.4. The van der Waals surface area contributed by atoms with Gasteiger partial charge in [0.25, 0.3) is 0 Å². The van der Waals surface area contributed by atoms with Crippen molar-refractivity contribution in [3.05, 3.63) is 36.0 Å². The molecule has 0 aliphatic carbocycles. The summed E-state index contributed by atoms with van der Waals surface area (Å²) in [5.74, 6) is -0.444. The minimum Gasteiger partial charge on any atom is -0.458 e. The summed E-state index contributed by atoms with van der Waals surface area (Å²) in [6, 6.07) is 8.08. The maximum Gasteiger partial charge on any atom is 0.306 e. The number of esters is 1. The molecular weight excluding hydrogens is 242 g/mol. The number of nitrogens with one attached hydrogen (secondary N) is 1. The monoisotopic (exact) mass is 259 g/mol. The zero-order valence-corrected chi connectivity index (χ0v) is 10.9. The average molecular weight is 259 g/mol. The van der Waals surface area contributed by atoms with E-state index in [2.05, 4.69) is 11.1 Å². The molecule has 1 aromatic carbocycles. The highest BCUT2D eigenvalue weighted by atomic mass is 16.5. The van der Waals surface area contributed by atoms with Gasteiger partial charge in [-0.3, -0.25) is 9.59 Å². The Bertz CT molecular complexity index is 586. The first kappa shape index (κ1) is 13.3. The van der Waals surface area contributed by atoms with E-state index in [0.717, 1.165) is 18.4 Å². The smallest absolute Gasteiger partial charge is 0.306 e. The van der Waals surface area contributed by atoms with Crippen molar-refractivity contribution in [1.29, 1.82) is 0 Å². The SMILES string of the molecule is CC(=O)COC(=O)CCCc1c[nH]c2ccccc12. The Labute approximate surface area is 111 Å². The summed E-state index contributed by atoms with van der Waals surface area (Å²) in [6.45, 7) is 1.28. The molecule has 0 amide bonds. The van der Waals surface area contributed by atoms with Crippen molar-refractivity contribution in [3.63, 3.8) is 0 Å². The van der Waals surface area contributed by atoms with E-state index in [1.807, 2.05) is 24.4 Å². The highest BCUT2D eigenvalue weighted by Crippen LogP contribution is 2.19. The number of aromatic nitrogens is 1. The standard InChI is InChI=1S/C15H17NO3/c1-11(17)10-19-15(18)8-4-5-12-9-16-14-7-3-2-6-13(12)14/h2-3,6-7,9,16H,4-5,8,10H2,1H3. The third-order valence-electron chi connectivity index (χ3n) is 2.94.